The highest BCUT2D eigenvalue weighted by molar-refractivity contribution is 8.00. The zero-order chi connectivity index (χ0) is 45.8. The van der Waals surface area contributed by atoms with Crippen LogP contribution < -0.4 is 24.9 Å². The lowest BCUT2D eigenvalue weighted by atomic mass is 9.80. The summed E-state index contributed by atoms with van der Waals surface area (Å²) in [6.07, 6.45) is -0.125. The molecule has 0 spiro atoms. The fourth-order valence-corrected chi connectivity index (χ4v) is 11.2. The zero-order valence-corrected chi connectivity index (χ0v) is 40.3. The molecule has 2 N–H and O–H groups in total. The number of amides is 1. The van der Waals surface area contributed by atoms with Crippen LogP contribution in [0.15, 0.2) is 120 Å². The summed E-state index contributed by atoms with van der Waals surface area (Å²) in [4.78, 5) is 38.2. The maximum Gasteiger partial charge on any atom is 0.368 e. The molecule has 1 aliphatic rings. The highest BCUT2D eigenvalue weighted by atomic mass is 32.2. The van der Waals surface area contributed by atoms with Crippen LogP contribution in [-0.4, -0.2) is 72.0 Å². The second-order valence-electron chi connectivity index (χ2n) is 17.4. The van der Waals surface area contributed by atoms with Crippen molar-refractivity contribution in [2.24, 2.45) is 5.92 Å². The SMILES string of the molecule is COc1ccc(C(OC[C@H]2S[C@@H](n3cnc4c(=O)[nH]c(NC(=O)C(C)C)nc43)[C@H](O[Si](C)(C)C(C)(C)C)[C@@H]2O[PH](=O)Oc2ccccc2)(c2ccccc2)c2ccc(OC)cc2)cc1. The Hall–Kier alpha value is -5.22. The third-order valence-electron chi connectivity index (χ3n) is 11.8. The number of ether oxygens (including phenoxy) is 3. The number of benzene rings is 4. The number of aromatic nitrogens is 4. The number of thioether (sulfide) groups is 1. The van der Waals surface area contributed by atoms with Crippen molar-refractivity contribution in [1.82, 2.24) is 19.5 Å². The molecule has 17 heteroatoms. The largest absolute Gasteiger partial charge is 0.497 e. The maximum absolute atomic E-state index is 14.2. The van der Waals surface area contributed by atoms with Gasteiger partial charge in [-0.15, -0.1) is 11.8 Å². The molecule has 1 unspecified atom stereocenters. The van der Waals surface area contributed by atoms with Crippen LogP contribution in [0, 0.1) is 5.92 Å². The molecule has 2 aromatic heterocycles. The molecule has 1 aliphatic heterocycles. The second-order valence-corrected chi connectivity index (χ2v) is 24.4. The van der Waals surface area contributed by atoms with Crippen molar-refractivity contribution >= 4 is 51.4 Å². The number of hydrogen-bond acceptors (Lipinski definition) is 12. The number of H-pyrrole nitrogens is 1. The Labute approximate surface area is 379 Å². The number of aromatic amines is 1. The number of hydrogen-bond donors (Lipinski definition) is 2. The van der Waals surface area contributed by atoms with E-state index >= 15 is 0 Å². The van der Waals surface area contributed by atoms with Crippen molar-refractivity contribution in [1.29, 1.82) is 0 Å². The monoisotopic (exact) mass is 925 g/mol. The van der Waals surface area contributed by atoms with Crippen LogP contribution >= 0.6 is 20.0 Å². The van der Waals surface area contributed by atoms with Crippen LogP contribution in [0.3, 0.4) is 0 Å². The van der Waals surface area contributed by atoms with Gasteiger partial charge in [-0.2, -0.15) is 4.98 Å². The number of nitrogens with zero attached hydrogens (tertiary/aromatic N) is 3. The van der Waals surface area contributed by atoms with Gasteiger partial charge < -0.3 is 23.2 Å². The van der Waals surface area contributed by atoms with Crippen LogP contribution in [0.1, 0.15) is 56.7 Å². The van der Waals surface area contributed by atoms with Gasteiger partial charge in [0.2, 0.25) is 11.9 Å². The van der Waals surface area contributed by atoms with Gasteiger partial charge in [0.25, 0.3) is 5.56 Å². The molecule has 338 valence electrons. The van der Waals surface area contributed by atoms with Gasteiger partial charge in [0.05, 0.1) is 32.4 Å². The number of anilines is 1. The number of methoxy groups -OCH3 is 2. The predicted octanol–water partition coefficient (Wildman–Crippen LogP) is 9.60. The third kappa shape index (κ3) is 9.87. The summed E-state index contributed by atoms with van der Waals surface area (Å²) in [6.45, 7) is 14.3. The highest BCUT2D eigenvalue weighted by Gasteiger charge is 2.53. The van der Waals surface area contributed by atoms with E-state index in [9.17, 15) is 14.2 Å². The summed E-state index contributed by atoms with van der Waals surface area (Å²) >= 11 is 1.48. The minimum absolute atomic E-state index is 0.0107. The van der Waals surface area contributed by atoms with Gasteiger partial charge in [-0.05, 0) is 71.2 Å². The van der Waals surface area contributed by atoms with E-state index in [0.717, 1.165) is 16.7 Å². The van der Waals surface area contributed by atoms with Gasteiger partial charge in [0.15, 0.2) is 19.5 Å². The van der Waals surface area contributed by atoms with Crippen molar-refractivity contribution in [3.8, 4) is 17.2 Å². The normalized spacial score (nSPS) is 18.5. The topological polar surface area (TPSA) is 165 Å². The molecule has 1 fully saturated rings. The smallest absolute Gasteiger partial charge is 0.368 e. The average Bonchev–Trinajstić information content (AvgIpc) is 3.85. The van der Waals surface area contributed by atoms with Crippen molar-refractivity contribution in [3.05, 3.63) is 143 Å². The molecule has 1 saturated heterocycles. The number of nitrogens with one attached hydrogen (secondary N) is 2. The Morgan fingerprint density at radius 2 is 1.41 bits per heavy atom. The standard InChI is InChI=1S/C47H56N5O9PSSi/c1-30(2)42(53)50-45-49-41-38(43(54)51-45)48-29-52(41)44-40(61-64(8,9)46(3,4)5)39(60-62(55)59-36-18-14-11-15-19-36)37(63-44)28-58-47(31-16-12-10-13-17-31,32-20-24-34(56-6)25-21-32)33-22-26-35(57-7)27-23-33/h10-27,29-30,37,39-40,44,62H,28H2,1-9H3,(H2,49,50,51,53,54)/t37-,39-,40-,44-/m1/s1. The first kappa shape index (κ1) is 46.8. The molecule has 0 bridgehead atoms. The van der Waals surface area contributed by atoms with E-state index in [1.807, 2.05) is 84.9 Å². The molecule has 5 atom stereocenters. The van der Waals surface area contributed by atoms with Crippen molar-refractivity contribution in [3.63, 3.8) is 0 Å². The molecule has 6 aromatic rings. The van der Waals surface area contributed by atoms with E-state index in [2.05, 4.69) is 49.1 Å². The van der Waals surface area contributed by atoms with Crippen LogP contribution in [0.4, 0.5) is 5.95 Å². The fraction of sp³-hybridized carbons (Fsp3) is 0.362. The Morgan fingerprint density at radius 1 is 0.844 bits per heavy atom. The number of rotatable bonds is 17. The van der Waals surface area contributed by atoms with E-state index < -0.39 is 50.6 Å². The maximum atomic E-state index is 14.2. The summed E-state index contributed by atoms with van der Waals surface area (Å²) in [7, 11) is -2.62. The molecule has 4 aromatic carbocycles. The summed E-state index contributed by atoms with van der Waals surface area (Å²) < 4.78 is 54.4. The van der Waals surface area contributed by atoms with Crippen LogP contribution in [0.2, 0.25) is 18.1 Å². The van der Waals surface area contributed by atoms with Crippen molar-refractivity contribution in [2.45, 2.75) is 81.2 Å². The molecular formula is C47H56N5O9PSSi. The molecule has 7 rings (SSSR count). The minimum atomic E-state index is -3.23. The molecule has 0 aliphatic carbocycles. The van der Waals surface area contributed by atoms with E-state index in [1.165, 1.54) is 11.8 Å². The van der Waals surface area contributed by atoms with Gasteiger partial charge >= 0.3 is 8.25 Å². The van der Waals surface area contributed by atoms with E-state index in [4.69, 9.17) is 32.7 Å². The minimum Gasteiger partial charge on any atom is -0.497 e. The average molecular weight is 926 g/mol. The zero-order valence-electron chi connectivity index (χ0n) is 37.5. The van der Waals surface area contributed by atoms with E-state index in [-0.39, 0.29) is 40.6 Å². The van der Waals surface area contributed by atoms with Crippen molar-refractivity contribution < 1.29 is 37.0 Å². The Kier molecular flexibility index (Phi) is 14.2. The quantitative estimate of drug-likeness (QED) is 0.0506. The lowest BCUT2D eigenvalue weighted by Gasteiger charge is -2.41. The van der Waals surface area contributed by atoms with Crippen LogP contribution in [-0.2, 0) is 28.6 Å². The van der Waals surface area contributed by atoms with Gasteiger partial charge in [0, 0.05) is 5.92 Å². The first-order chi connectivity index (χ1) is 30.5. The molecule has 14 nitrogen and oxygen atoms in total. The lowest BCUT2D eigenvalue weighted by Crippen LogP contribution is -2.49. The van der Waals surface area contributed by atoms with Gasteiger partial charge in [0.1, 0.15) is 40.4 Å². The van der Waals surface area contributed by atoms with Gasteiger partial charge in [-0.1, -0.05) is 107 Å². The number of fused-ring (bicyclic) bond motifs is 1. The fourth-order valence-electron chi connectivity index (χ4n) is 7.28. The second kappa shape index (κ2) is 19.5. The molecule has 3 heterocycles. The predicted molar refractivity (Wildman–Crippen MR) is 253 cm³/mol. The number of carbonyl (C=O) groups excluding carboxylic acids is 1. The molecule has 0 saturated carbocycles. The van der Waals surface area contributed by atoms with Gasteiger partial charge in [-0.3, -0.25) is 29.0 Å². The number of imidazole rings is 1. The van der Waals surface area contributed by atoms with Crippen molar-refractivity contribution in [2.75, 3.05) is 26.1 Å². The van der Waals surface area contributed by atoms with E-state index in [0.29, 0.717) is 17.2 Å². The summed E-state index contributed by atoms with van der Waals surface area (Å²) in [5.74, 6) is 1.08. The molecule has 1 amide bonds. The van der Waals surface area contributed by atoms with E-state index in [1.54, 1.807) is 63.2 Å². The summed E-state index contributed by atoms with van der Waals surface area (Å²) in [5.41, 5.74) is 1.12. The third-order valence-corrected chi connectivity index (χ3v) is 18.7. The Morgan fingerprint density at radius 3 is 1.95 bits per heavy atom. The Bertz CT molecular complexity index is 2560. The summed E-state index contributed by atoms with van der Waals surface area (Å²) in [5, 5.41) is 1.27. The first-order valence-corrected chi connectivity index (χ1v) is 26.1. The van der Waals surface area contributed by atoms with Crippen LogP contribution in [0.5, 0.6) is 17.2 Å². The molecule has 0 radical (unpaired) electrons. The number of carbonyl (C=O) groups is 1. The highest BCUT2D eigenvalue weighted by Crippen LogP contribution is 2.52. The molecular weight excluding hydrogens is 870 g/mol. The first-order valence-electron chi connectivity index (χ1n) is 21.1. The van der Waals surface area contributed by atoms with Crippen LogP contribution in [0.25, 0.3) is 11.2 Å². The Balaban J connectivity index is 1.38. The lowest BCUT2D eigenvalue weighted by molar-refractivity contribution is -0.118. The number of para-hydroxylation sites is 1. The van der Waals surface area contributed by atoms with Gasteiger partial charge in [-0.25, -0.2) is 9.55 Å². The molecule has 64 heavy (non-hydrogen) atoms. The summed E-state index contributed by atoms with van der Waals surface area (Å²) in [6, 6.07) is 34.4.